The van der Waals surface area contributed by atoms with Gasteiger partial charge in [0.1, 0.15) is 5.82 Å². The van der Waals surface area contributed by atoms with E-state index in [1.54, 1.807) is 17.1 Å². The van der Waals surface area contributed by atoms with E-state index in [4.69, 9.17) is 11.6 Å². The molecule has 78 valence electrons. The van der Waals surface area contributed by atoms with Gasteiger partial charge in [0.15, 0.2) is 0 Å². The summed E-state index contributed by atoms with van der Waals surface area (Å²) in [5.74, 6) is 0.853. The minimum absolute atomic E-state index is 0.627. The zero-order valence-electron chi connectivity index (χ0n) is 8.31. The van der Waals surface area contributed by atoms with Crippen molar-refractivity contribution >= 4 is 17.4 Å². The van der Waals surface area contributed by atoms with Crippen molar-refractivity contribution in [1.82, 2.24) is 14.8 Å². The second-order valence-electron chi connectivity index (χ2n) is 3.12. The average molecular weight is 223 g/mol. The molecule has 0 saturated heterocycles. The largest absolute Gasteiger partial charge is 0.373 e. The lowest BCUT2D eigenvalue weighted by Gasteiger charge is -2.03. The summed E-state index contributed by atoms with van der Waals surface area (Å²) < 4.78 is 1.75. The highest BCUT2D eigenvalue weighted by Gasteiger charge is 1.99. The highest BCUT2D eigenvalue weighted by Crippen LogP contribution is 2.08. The molecule has 15 heavy (non-hydrogen) atoms. The maximum Gasteiger partial charge on any atom is 0.126 e. The number of pyridine rings is 1. The maximum atomic E-state index is 5.77. The zero-order chi connectivity index (χ0) is 10.7. The van der Waals surface area contributed by atoms with Crippen molar-refractivity contribution in [3.05, 3.63) is 41.3 Å². The van der Waals surface area contributed by atoms with Gasteiger partial charge in [-0.05, 0) is 12.1 Å². The van der Waals surface area contributed by atoms with E-state index < -0.39 is 0 Å². The second kappa shape index (κ2) is 4.31. The van der Waals surface area contributed by atoms with E-state index in [-0.39, 0.29) is 0 Å². The highest BCUT2D eigenvalue weighted by molar-refractivity contribution is 6.30. The molecular weight excluding hydrogens is 212 g/mol. The molecule has 0 unspecified atom stereocenters. The van der Waals surface area contributed by atoms with Crippen molar-refractivity contribution in [1.29, 1.82) is 0 Å². The van der Waals surface area contributed by atoms with Crippen LogP contribution in [0.25, 0.3) is 0 Å². The van der Waals surface area contributed by atoms with Crippen molar-refractivity contribution in [2.24, 2.45) is 0 Å². The molecule has 0 atom stereocenters. The fourth-order valence-corrected chi connectivity index (χ4v) is 1.45. The normalized spacial score (nSPS) is 10.3. The second-order valence-corrected chi connectivity index (χ2v) is 3.56. The van der Waals surface area contributed by atoms with E-state index in [9.17, 15) is 0 Å². The van der Waals surface area contributed by atoms with Crippen LogP contribution in [-0.2, 0) is 6.54 Å². The predicted octanol–water partition coefficient (Wildman–Crippen LogP) is 2.02. The lowest BCUT2D eigenvalue weighted by Crippen LogP contribution is -2.03. The number of halogens is 1. The molecule has 2 aromatic rings. The van der Waals surface area contributed by atoms with Crippen LogP contribution < -0.4 is 5.32 Å². The number of aromatic nitrogens is 3. The first-order chi connectivity index (χ1) is 7.28. The summed E-state index contributed by atoms with van der Waals surface area (Å²) in [6.45, 7) is 0.627. The summed E-state index contributed by atoms with van der Waals surface area (Å²) >= 11 is 5.77. The molecule has 4 nitrogen and oxygen atoms in total. The van der Waals surface area contributed by atoms with E-state index in [0.29, 0.717) is 11.6 Å². The zero-order valence-corrected chi connectivity index (χ0v) is 9.07. The lowest BCUT2D eigenvalue weighted by molar-refractivity contribution is 0.673. The standard InChI is InChI=1S/C10H11ClN4/c1-12-10-4-2-3-9(14-10)7-15-6-8(11)5-13-15/h2-6H,7H2,1H3,(H,12,14). The highest BCUT2D eigenvalue weighted by atomic mass is 35.5. The first-order valence-corrected chi connectivity index (χ1v) is 4.97. The third-order valence-corrected chi connectivity index (χ3v) is 2.18. The fraction of sp³-hybridized carbons (Fsp3) is 0.200. The SMILES string of the molecule is CNc1cccc(Cn2cc(Cl)cn2)n1. The number of nitrogens with one attached hydrogen (secondary N) is 1. The van der Waals surface area contributed by atoms with Gasteiger partial charge in [0, 0.05) is 13.2 Å². The summed E-state index contributed by atoms with van der Waals surface area (Å²) in [4.78, 5) is 4.38. The molecule has 0 radical (unpaired) electrons. The molecule has 0 aliphatic heterocycles. The van der Waals surface area contributed by atoms with Gasteiger partial charge in [0.2, 0.25) is 0 Å². The van der Waals surface area contributed by atoms with Crippen LogP contribution in [0.4, 0.5) is 5.82 Å². The number of hydrogen-bond donors (Lipinski definition) is 1. The molecule has 0 aliphatic carbocycles. The summed E-state index contributed by atoms with van der Waals surface area (Å²) in [6.07, 6.45) is 3.39. The van der Waals surface area contributed by atoms with Crippen molar-refractivity contribution in [2.45, 2.75) is 6.54 Å². The van der Waals surface area contributed by atoms with Crippen LogP contribution in [0.2, 0.25) is 5.02 Å². The van der Waals surface area contributed by atoms with Crippen LogP contribution in [-0.4, -0.2) is 21.8 Å². The molecule has 0 amide bonds. The Morgan fingerprint density at radius 2 is 2.33 bits per heavy atom. The first-order valence-electron chi connectivity index (χ1n) is 4.59. The van der Waals surface area contributed by atoms with Crippen LogP contribution in [0.15, 0.2) is 30.6 Å². The third kappa shape index (κ3) is 2.47. The third-order valence-electron chi connectivity index (χ3n) is 1.99. The van der Waals surface area contributed by atoms with Gasteiger partial charge in [-0.3, -0.25) is 4.68 Å². The molecule has 2 heterocycles. The van der Waals surface area contributed by atoms with Gasteiger partial charge in [-0.2, -0.15) is 5.10 Å². The first kappa shape index (κ1) is 9.98. The quantitative estimate of drug-likeness (QED) is 0.864. The van der Waals surface area contributed by atoms with E-state index in [1.165, 1.54) is 0 Å². The van der Waals surface area contributed by atoms with Gasteiger partial charge >= 0.3 is 0 Å². The molecule has 0 bridgehead atoms. The summed E-state index contributed by atoms with van der Waals surface area (Å²) in [5, 5.41) is 7.72. The van der Waals surface area contributed by atoms with E-state index >= 15 is 0 Å². The number of hydrogen-bond acceptors (Lipinski definition) is 3. The summed E-state index contributed by atoms with van der Waals surface area (Å²) in [6, 6.07) is 5.83. The molecule has 0 fully saturated rings. The summed E-state index contributed by atoms with van der Waals surface area (Å²) in [7, 11) is 1.84. The van der Waals surface area contributed by atoms with Gasteiger partial charge in [0.05, 0.1) is 23.5 Å². The van der Waals surface area contributed by atoms with Gasteiger partial charge in [-0.15, -0.1) is 0 Å². The fourth-order valence-electron chi connectivity index (χ4n) is 1.30. The number of nitrogens with zero attached hydrogens (tertiary/aromatic N) is 3. The van der Waals surface area contributed by atoms with Gasteiger partial charge < -0.3 is 5.32 Å². The van der Waals surface area contributed by atoms with Crippen LogP contribution in [0.3, 0.4) is 0 Å². The van der Waals surface area contributed by atoms with Gasteiger partial charge in [-0.25, -0.2) is 4.98 Å². The van der Waals surface area contributed by atoms with Gasteiger partial charge in [0.25, 0.3) is 0 Å². The van der Waals surface area contributed by atoms with Crippen molar-refractivity contribution in [2.75, 3.05) is 12.4 Å². The number of anilines is 1. The monoisotopic (exact) mass is 222 g/mol. The van der Waals surface area contributed by atoms with Crippen LogP contribution in [0, 0.1) is 0 Å². The molecule has 2 rings (SSSR count). The average Bonchev–Trinajstić information content (AvgIpc) is 2.64. The summed E-state index contributed by atoms with van der Waals surface area (Å²) in [5.41, 5.74) is 0.946. The maximum absolute atomic E-state index is 5.77. The van der Waals surface area contributed by atoms with Gasteiger partial charge in [-0.1, -0.05) is 17.7 Å². The Morgan fingerprint density at radius 1 is 1.47 bits per heavy atom. The minimum Gasteiger partial charge on any atom is -0.373 e. The molecule has 0 aromatic carbocycles. The Hall–Kier alpha value is -1.55. The van der Waals surface area contributed by atoms with Crippen LogP contribution in [0.1, 0.15) is 5.69 Å². The molecule has 0 saturated carbocycles. The van der Waals surface area contributed by atoms with Crippen LogP contribution in [0.5, 0.6) is 0 Å². The van der Waals surface area contributed by atoms with Crippen molar-refractivity contribution in [3.8, 4) is 0 Å². The Balaban J connectivity index is 2.16. The van der Waals surface area contributed by atoms with Crippen molar-refractivity contribution in [3.63, 3.8) is 0 Å². The van der Waals surface area contributed by atoms with E-state index in [1.807, 2.05) is 25.2 Å². The Bertz CT molecular complexity index is 452. The lowest BCUT2D eigenvalue weighted by atomic mass is 10.3. The number of rotatable bonds is 3. The Morgan fingerprint density at radius 3 is 3.00 bits per heavy atom. The Labute approximate surface area is 92.9 Å². The molecular formula is C10H11ClN4. The smallest absolute Gasteiger partial charge is 0.126 e. The van der Waals surface area contributed by atoms with E-state index in [0.717, 1.165) is 11.5 Å². The molecule has 5 heteroatoms. The minimum atomic E-state index is 0.627. The topological polar surface area (TPSA) is 42.7 Å². The molecule has 0 aliphatic rings. The molecule has 2 aromatic heterocycles. The molecule has 1 N–H and O–H groups in total. The predicted molar refractivity (Wildman–Crippen MR) is 60.1 cm³/mol. The van der Waals surface area contributed by atoms with Crippen LogP contribution >= 0.6 is 11.6 Å². The molecule has 0 spiro atoms. The van der Waals surface area contributed by atoms with Crippen molar-refractivity contribution < 1.29 is 0 Å². The Kier molecular flexibility index (Phi) is 2.87. The van der Waals surface area contributed by atoms with E-state index in [2.05, 4.69) is 15.4 Å².